The van der Waals surface area contributed by atoms with E-state index in [1.165, 1.54) is 0 Å². The molecular formula is C12H15N3O2. The smallest absolute Gasteiger partial charge is 0.326 e. The molecular weight excluding hydrogens is 218 g/mol. The normalized spacial score (nSPS) is 11.9. The molecule has 1 aromatic heterocycles. The zero-order valence-corrected chi connectivity index (χ0v) is 9.84. The number of carboxylic acid groups (broad SMARTS) is 1. The molecule has 0 saturated heterocycles. The van der Waals surface area contributed by atoms with Crippen molar-refractivity contribution in [1.82, 2.24) is 4.98 Å². The summed E-state index contributed by atoms with van der Waals surface area (Å²) in [5.74, 6) is -0.234. The van der Waals surface area contributed by atoms with Crippen molar-refractivity contribution >= 4 is 11.8 Å². The maximum atomic E-state index is 11.0. The van der Waals surface area contributed by atoms with Gasteiger partial charge in [0.25, 0.3) is 0 Å². The molecule has 0 bridgehead atoms. The number of pyridine rings is 1. The summed E-state index contributed by atoms with van der Waals surface area (Å²) in [7, 11) is 0. The molecule has 0 amide bonds. The summed E-state index contributed by atoms with van der Waals surface area (Å²) in [6.07, 6.45) is 0.508. The topological polar surface area (TPSA) is 86.0 Å². The number of hydrogen-bond donors (Lipinski definition) is 2. The molecule has 1 rings (SSSR count). The van der Waals surface area contributed by atoms with E-state index in [0.717, 1.165) is 0 Å². The van der Waals surface area contributed by atoms with Crippen LogP contribution in [-0.2, 0) is 4.79 Å². The van der Waals surface area contributed by atoms with Crippen LogP contribution < -0.4 is 5.32 Å². The van der Waals surface area contributed by atoms with Gasteiger partial charge in [-0.05, 0) is 24.5 Å². The van der Waals surface area contributed by atoms with Crippen LogP contribution in [0.15, 0.2) is 18.2 Å². The first-order valence-corrected chi connectivity index (χ1v) is 5.39. The highest BCUT2D eigenvalue weighted by molar-refractivity contribution is 5.76. The summed E-state index contributed by atoms with van der Waals surface area (Å²) in [6.45, 7) is 3.91. The molecule has 17 heavy (non-hydrogen) atoms. The van der Waals surface area contributed by atoms with Gasteiger partial charge in [0.1, 0.15) is 23.6 Å². The molecule has 0 aliphatic heterocycles. The zero-order chi connectivity index (χ0) is 12.8. The Morgan fingerprint density at radius 2 is 2.29 bits per heavy atom. The first-order chi connectivity index (χ1) is 8.02. The molecule has 0 saturated carbocycles. The molecule has 1 atom stereocenters. The molecule has 0 radical (unpaired) electrons. The average Bonchev–Trinajstić information content (AvgIpc) is 2.27. The van der Waals surface area contributed by atoms with Crippen LogP contribution in [0.2, 0.25) is 0 Å². The Labute approximate surface area is 100 Å². The average molecular weight is 233 g/mol. The Hall–Kier alpha value is -2.09. The van der Waals surface area contributed by atoms with Crippen molar-refractivity contribution in [3.8, 4) is 6.07 Å². The van der Waals surface area contributed by atoms with Crippen LogP contribution in [0.3, 0.4) is 0 Å². The summed E-state index contributed by atoms with van der Waals surface area (Å²) in [5.41, 5.74) is 0.267. The number of nitrogens with zero attached hydrogens (tertiary/aromatic N) is 2. The van der Waals surface area contributed by atoms with Gasteiger partial charge in [-0.2, -0.15) is 5.26 Å². The van der Waals surface area contributed by atoms with Crippen molar-refractivity contribution in [3.63, 3.8) is 0 Å². The Morgan fingerprint density at radius 1 is 1.59 bits per heavy atom. The maximum absolute atomic E-state index is 11.0. The first-order valence-electron chi connectivity index (χ1n) is 5.39. The number of hydrogen-bond acceptors (Lipinski definition) is 4. The van der Waals surface area contributed by atoms with Crippen LogP contribution in [0.5, 0.6) is 0 Å². The minimum atomic E-state index is -0.914. The van der Waals surface area contributed by atoms with E-state index < -0.39 is 12.0 Å². The van der Waals surface area contributed by atoms with Crippen LogP contribution in [-0.4, -0.2) is 22.1 Å². The summed E-state index contributed by atoms with van der Waals surface area (Å²) in [4.78, 5) is 15.0. The standard InChI is InChI=1S/C12H15N3O2/c1-8(2)6-10(12(16)17)15-11-5-3-4-9(7-13)14-11/h3-5,8,10H,6H2,1-2H3,(H,14,15)(H,16,17)/t10-/m1/s1. The van der Waals surface area contributed by atoms with Gasteiger partial charge in [-0.3, -0.25) is 0 Å². The molecule has 0 fully saturated rings. The summed E-state index contributed by atoms with van der Waals surface area (Å²) >= 11 is 0. The first kappa shape index (κ1) is 13.0. The predicted molar refractivity (Wildman–Crippen MR) is 63.5 cm³/mol. The van der Waals surface area contributed by atoms with Crippen molar-refractivity contribution in [2.75, 3.05) is 5.32 Å². The lowest BCUT2D eigenvalue weighted by Crippen LogP contribution is -2.31. The summed E-state index contributed by atoms with van der Waals surface area (Å²) < 4.78 is 0. The van der Waals surface area contributed by atoms with Gasteiger partial charge in [-0.15, -0.1) is 0 Å². The molecule has 1 aromatic rings. The van der Waals surface area contributed by atoms with E-state index in [4.69, 9.17) is 10.4 Å². The molecule has 5 nitrogen and oxygen atoms in total. The second-order valence-corrected chi connectivity index (χ2v) is 4.18. The lowest BCUT2D eigenvalue weighted by atomic mass is 10.0. The van der Waals surface area contributed by atoms with Gasteiger partial charge in [0.15, 0.2) is 0 Å². The van der Waals surface area contributed by atoms with E-state index in [0.29, 0.717) is 12.2 Å². The Morgan fingerprint density at radius 3 is 2.82 bits per heavy atom. The van der Waals surface area contributed by atoms with Crippen LogP contribution in [0, 0.1) is 17.2 Å². The van der Waals surface area contributed by atoms with Crippen LogP contribution in [0.4, 0.5) is 5.82 Å². The largest absolute Gasteiger partial charge is 0.480 e. The number of anilines is 1. The van der Waals surface area contributed by atoms with Gasteiger partial charge in [0, 0.05) is 0 Å². The molecule has 0 aliphatic rings. The van der Waals surface area contributed by atoms with E-state index in [1.54, 1.807) is 18.2 Å². The van der Waals surface area contributed by atoms with Crippen LogP contribution >= 0.6 is 0 Å². The molecule has 0 spiro atoms. The van der Waals surface area contributed by atoms with Gasteiger partial charge in [-0.1, -0.05) is 19.9 Å². The quantitative estimate of drug-likeness (QED) is 0.810. The van der Waals surface area contributed by atoms with E-state index in [2.05, 4.69) is 10.3 Å². The minimum Gasteiger partial charge on any atom is -0.480 e. The SMILES string of the molecule is CC(C)C[C@@H](Nc1cccc(C#N)n1)C(=O)O. The van der Waals surface area contributed by atoms with E-state index in [1.807, 2.05) is 19.9 Å². The van der Waals surface area contributed by atoms with Gasteiger partial charge >= 0.3 is 5.97 Å². The van der Waals surface area contributed by atoms with E-state index >= 15 is 0 Å². The fourth-order valence-corrected chi connectivity index (χ4v) is 1.45. The third-order valence-electron chi connectivity index (χ3n) is 2.19. The summed E-state index contributed by atoms with van der Waals surface area (Å²) in [5, 5.41) is 20.6. The molecule has 1 heterocycles. The fraction of sp³-hybridized carbons (Fsp3) is 0.417. The van der Waals surface area contributed by atoms with Crippen molar-refractivity contribution in [2.24, 2.45) is 5.92 Å². The monoisotopic (exact) mass is 233 g/mol. The molecule has 0 unspecified atom stereocenters. The number of rotatable bonds is 5. The second-order valence-electron chi connectivity index (χ2n) is 4.18. The summed E-state index contributed by atoms with van der Waals surface area (Å²) in [6, 6.07) is 6.12. The third-order valence-corrected chi connectivity index (χ3v) is 2.19. The van der Waals surface area contributed by atoms with Gasteiger partial charge in [-0.25, -0.2) is 9.78 Å². The lowest BCUT2D eigenvalue weighted by molar-refractivity contribution is -0.138. The molecule has 0 aliphatic carbocycles. The highest BCUT2D eigenvalue weighted by Crippen LogP contribution is 2.11. The van der Waals surface area contributed by atoms with Crippen LogP contribution in [0.1, 0.15) is 26.0 Å². The Balaban J connectivity index is 2.79. The Kier molecular flexibility index (Phi) is 4.46. The second kappa shape index (κ2) is 5.85. The number of carbonyl (C=O) groups is 1. The highest BCUT2D eigenvalue weighted by Gasteiger charge is 2.18. The number of aliphatic carboxylic acids is 1. The molecule has 0 aromatic carbocycles. The zero-order valence-electron chi connectivity index (χ0n) is 9.84. The maximum Gasteiger partial charge on any atom is 0.326 e. The lowest BCUT2D eigenvalue weighted by Gasteiger charge is -2.16. The number of nitriles is 1. The molecule has 90 valence electrons. The van der Waals surface area contributed by atoms with E-state index in [9.17, 15) is 4.79 Å². The third kappa shape index (κ3) is 4.11. The van der Waals surface area contributed by atoms with Crippen molar-refractivity contribution in [3.05, 3.63) is 23.9 Å². The molecule has 5 heteroatoms. The number of carboxylic acids is 1. The number of nitrogens with one attached hydrogen (secondary N) is 1. The van der Waals surface area contributed by atoms with Crippen LogP contribution in [0.25, 0.3) is 0 Å². The van der Waals surface area contributed by atoms with Gasteiger partial charge in [0.2, 0.25) is 0 Å². The van der Waals surface area contributed by atoms with Crippen molar-refractivity contribution in [1.29, 1.82) is 5.26 Å². The molecule has 2 N–H and O–H groups in total. The number of aromatic nitrogens is 1. The van der Waals surface area contributed by atoms with Crippen molar-refractivity contribution < 1.29 is 9.90 Å². The Bertz CT molecular complexity index is 438. The highest BCUT2D eigenvalue weighted by atomic mass is 16.4. The van der Waals surface area contributed by atoms with Crippen molar-refractivity contribution in [2.45, 2.75) is 26.3 Å². The van der Waals surface area contributed by atoms with Gasteiger partial charge in [0.05, 0.1) is 0 Å². The minimum absolute atomic E-state index is 0.266. The predicted octanol–water partition coefficient (Wildman–Crippen LogP) is 1.86. The van der Waals surface area contributed by atoms with E-state index in [-0.39, 0.29) is 11.6 Å². The van der Waals surface area contributed by atoms with Gasteiger partial charge < -0.3 is 10.4 Å². The fourth-order valence-electron chi connectivity index (χ4n) is 1.45.